The number of nitrogens with zero attached hydrogens (tertiary/aromatic N) is 7. The number of likely N-dealkylation sites (tertiary alicyclic amines) is 1. The van der Waals surface area contributed by atoms with Crippen LogP contribution in [0.3, 0.4) is 0 Å². The number of nitrogen functional groups attached to an aromatic ring is 1. The molecule has 0 unspecified atom stereocenters. The van der Waals surface area contributed by atoms with E-state index in [9.17, 15) is 0 Å². The third-order valence-corrected chi connectivity index (χ3v) is 7.35. The van der Waals surface area contributed by atoms with Crippen LogP contribution in [-0.2, 0) is 11.3 Å². The summed E-state index contributed by atoms with van der Waals surface area (Å²) in [5.74, 6) is 1.63. The fourth-order valence-electron chi connectivity index (χ4n) is 5.60. The first-order chi connectivity index (χ1) is 18.0. The van der Waals surface area contributed by atoms with E-state index in [1.807, 2.05) is 48.9 Å². The summed E-state index contributed by atoms with van der Waals surface area (Å²) in [4.78, 5) is 19.2. The summed E-state index contributed by atoms with van der Waals surface area (Å²) >= 11 is 0. The van der Waals surface area contributed by atoms with Crippen LogP contribution in [0.25, 0.3) is 22.4 Å². The SMILES string of the molecule is C[C@@H]1CN(c2nc(-c3ccc(N)cc3)nc3c2cnn3C2CCN(Cc3cccnc3)CC2)C[C@H](C)O1. The summed E-state index contributed by atoms with van der Waals surface area (Å²) in [5.41, 5.74) is 9.78. The lowest BCUT2D eigenvalue weighted by molar-refractivity contribution is -0.00536. The van der Waals surface area contributed by atoms with E-state index in [1.54, 1.807) is 0 Å². The molecule has 0 spiro atoms. The largest absolute Gasteiger partial charge is 0.399 e. The van der Waals surface area contributed by atoms with Crippen LogP contribution >= 0.6 is 0 Å². The van der Waals surface area contributed by atoms with Gasteiger partial charge in [0, 0.05) is 56.4 Å². The number of benzene rings is 1. The minimum atomic E-state index is 0.132. The Morgan fingerprint density at radius 2 is 1.73 bits per heavy atom. The van der Waals surface area contributed by atoms with Gasteiger partial charge in [-0.3, -0.25) is 9.88 Å². The number of rotatable bonds is 5. The Kier molecular flexibility index (Phi) is 6.48. The molecule has 9 heteroatoms. The van der Waals surface area contributed by atoms with Gasteiger partial charge in [0.2, 0.25) is 0 Å². The molecule has 4 aromatic rings. The monoisotopic (exact) mass is 498 g/mol. The maximum Gasteiger partial charge on any atom is 0.164 e. The van der Waals surface area contributed by atoms with Gasteiger partial charge in [0.1, 0.15) is 5.82 Å². The van der Waals surface area contributed by atoms with Crippen molar-refractivity contribution >= 4 is 22.5 Å². The number of anilines is 2. The van der Waals surface area contributed by atoms with Crippen molar-refractivity contribution < 1.29 is 4.74 Å². The molecule has 1 aromatic carbocycles. The molecule has 0 bridgehead atoms. The first kappa shape index (κ1) is 23.8. The van der Waals surface area contributed by atoms with E-state index in [0.717, 1.165) is 73.7 Å². The molecule has 0 radical (unpaired) electrons. The van der Waals surface area contributed by atoms with Gasteiger partial charge in [0.25, 0.3) is 0 Å². The minimum absolute atomic E-state index is 0.132. The number of aromatic nitrogens is 5. The summed E-state index contributed by atoms with van der Waals surface area (Å²) in [6.07, 6.45) is 8.05. The van der Waals surface area contributed by atoms with E-state index in [-0.39, 0.29) is 12.2 Å². The quantitative estimate of drug-likeness (QED) is 0.414. The van der Waals surface area contributed by atoms with Crippen molar-refractivity contribution in [3.63, 3.8) is 0 Å². The van der Waals surface area contributed by atoms with Gasteiger partial charge in [0.15, 0.2) is 11.5 Å². The van der Waals surface area contributed by atoms with E-state index < -0.39 is 0 Å². The fourth-order valence-corrected chi connectivity index (χ4v) is 5.60. The molecule has 0 amide bonds. The van der Waals surface area contributed by atoms with Crippen molar-refractivity contribution in [2.45, 2.75) is 51.5 Å². The molecule has 2 saturated heterocycles. The van der Waals surface area contributed by atoms with Gasteiger partial charge in [-0.1, -0.05) is 6.07 Å². The second-order valence-corrected chi connectivity index (χ2v) is 10.4. The second kappa shape index (κ2) is 10.1. The first-order valence-corrected chi connectivity index (χ1v) is 13.2. The van der Waals surface area contributed by atoms with Crippen molar-refractivity contribution in [1.82, 2.24) is 29.6 Å². The number of fused-ring (bicyclic) bond motifs is 1. The van der Waals surface area contributed by atoms with Crippen molar-refractivity contribution in [2.24, 2.45) is 0 Å². The Hall–Kier alpha value is -3.56. The molecule has 9 nitrogen and oxygen atoms in total. The Balaban J connectivity index is 1.32. The number of piperidine rings is 1. The maximum atomic E-state index is 6.00. The summed E-state index contributed by atoms with van der Waals surface area (Å²) in [6.45, 7) is 8.77. The lowest BCUT2D eigenvalue weighted by Gasteiger charge is -2.36. The van der Waals surface area contributed by atoms with Crippen LogP contribution in [0.15, 0.2) is 55.0 Å². The third-order valence-electron chi connectivity index (χ3n) is 7.35. The Bertz CT molecular complexity index is 1340. The average Bonchev–Trinajstić information content (AvgIpc) is 3.33. The van der Waals surface area contributed by atoms with Crippen LogP contribution in [0.4, 0.5) is 11.5 Å². The number of hydrogen-bond acceptors (Lipinski definition) is 8. The van der Waals surface area contributed by atoms with Gasteiger partial charge >= 0.3 is 0 Å². The van der Waals surface area contributed by atoms with Crippen LogP contribution in [0.5, 0.6) is 0 Å². The van der Waals surface area contributed by atoms with Crippen LogP contribution in [0.1, 0.15) is 38.3 Å². The minimum Gasteiger partial charge on any atom is -0.399 e. The average molecular weight is 499 g/mol. The predicted molar refractivity (Wildman–Crippen MR) is 145 cm³/mol. The fraction of sp³-hybridized carbons (Fsp3) is 0.429. The summed E-state index contributed by atoms with van der Waals surface area (Å²) < 4.78 is 8.14. The molecule has 2 aliphatic heterocycles. The molecule has 192 valence electrons. The normalized spacial score (nSPS) is 21.5. The summed E-state index contributed by atoms with van der Waals surface area (Å²) in [7, 11) is 0. The van der Waals surface area contributed by atoms with Gasteiger partial charge in [-0.25, -0.2) is 14.6 Å². The van der Waals surface area contributed by atoms with Crippen LogP contribution in [-0.4, -0.2) is 68.0 Å². The van der Waals surface area contributed by atoms with Gasteiger partial charge in [-0.15, -0.1) is 0 Å². The molecule has 2 atom stereocenters. The van der Waals surface area contributed by atoms with Crippen molar-refractivity contribution in [3.8, 4) is 11.4 Å². The van der Waals surface area contributed by atoms with Crippen LogP contribution in [0.2, 0.25) is 0 Å². The van der Waals surface area contributed by atoms with E-state index in [4.69, 9.17) is 25.5 Å². The molecule has 5 heterocycles. The maximum absolute atomic E-state index is 6.00. The highest BCUT2D eigenvalue weighted by molar-refractivity contribution is 5.89. The van der Waals surface area contributed by atoms with E-state index in [2.05, 4.69) is 39.4 Å². The van der Waals surface area contributed by atoms with Gasteiger partial charge in [-0.05, 0) is 62.6 Å². The Labute approximate surface area is 217 Å². The number of ether oxygens (including phenoxy) is 1. The summed E-state index contributed by atoms with van der Waals surface area (Å²) in [5, 5.41) is 5.88. The molecule has 6 rings (SSSR count). The Morgan fingerprint density at radius 3 is 2.43 bits per heavy atom. The van der Waals surface area contributed by atoms with Gasteiger partial charge in [-0.2, -0.15) is 5.10 Å². The predicted octanol–water partition coefficient (Wildman–Crippen LogP) is 3.92. The number of morpholine rings is 1. The zero-order chi connectivity index (χ0) is 25.4. The van der Waals surface area contributed by atoms with E-state index in [1.165, 1.54) is 5.56 Å². The molecular weight excluding hydrogens is 464 g/mol. The highest BCUT2D eigenvalue weighted by Crippen LogP contribution is 2.33. The smallest absolute Gasteiger partial charge is 0.164 e. The standard InChI is InChI=1S/C28H34N8O/c1-19-16-35(17-20(2)37-19)27-25-15-31-36(28(25)33-26(32-27)22-5-7-23(29)8-6-22)24-9-12-34(13-10-24)18-21-4-3-11-30-14-21/h3-8,11,14-15,19-20,24H,9-10,12-13,16-18,29H2,1-2H3/t19-,20+. The topological polar surface area (TPSA) is 98.2 Å². The highest BCUT2D eigenvalue weighted by Gasteiger charge is 2.29. The number of hydrogen-bond donors (Lipinski definition) is 1. The first-order valence-electron chi connectivity index (χ1n) is 13.2. The zero-order valence-corrected chi connectivity index (χ0v) is 21.5. The number of pyridine rings is 1. The zero-order valence-electron chi connectivity index (χ0n) is 21.5. The Morgan fingerprint density at radius 1 is 0.973 bits per heavy atom. The van der Waals surface area contributed by atoms with Crippen molar-refractivity contribution in [3.05, 3.63) is 60.6 Å². The molecule has 0 saturated carbocycles. The molecule has 2 fully saturated rings. The van der Waals surface area contributed by atoms with Gasteiger partial charge < -0.3 is 15.4 Å². The van der Waals surface area contributed by atoms with E-state index in [0.29, 0.717) is 11.9 Å². The molecule has 3 aromatic heterocycles. The van der Waals surface area contributed by atoms with Crippen LogP contribution < -0.4 is 10.6 Å². The molecule has 2 N–H and O–H groups in total. The molecular formula is C28H34N8O. The number of nitrogens with two attached hydrogens (primary N) is 1. The van der Waals surface area contributed by atoms with Crippen molar-refractivity contribution in [2.75, 3.05) is 36.8 Å². The van der Waals surface area contributed by atoms with Crippen LogP contribution in [0, 0.1) is 0 Å². The highest BCUT2D eigenvalue weighted by atomic mass is 16.5. The van der Waals surface area contributed by atoms with E-state index >= 15 is 0 Å². The molecule has 37 heavy (non-hydrogen) atoms. The van der Waals surface area contributed by atoms with Crippen molar-refractivity contribution in [1.29, 1.82) is 0 Å². The summed E-state index contributed by atoms with van der Waals surface area (Å²) in [6, 6.07) is 12.2. The molecule has 0 aliphatic carbocycles. The molecule has 2 aliphatic rings. The lowest BCUT2D eigenvalue weighted by atomic mass is 10.0. The lowest BCUT2D eigenvalue weighted by Crippen LogP contribution is -2.46. The second-order valence-electron chi connectivity index (χ2n) is 10.4. The van der Waals surface area contributed by atoms with Gasteiger partial charge in [0.05, 0.1) is 29.8 Å². The third kappa shape index (κ3) is 5.01.